The lowest BCUT2D eigenvalue weighted by Crippen LogP contribution is -1.97. The van der Waals surface area contributed by atoms with E-state index in [2.05, 4.69) is 11.8 Å². The molecular formula is C13H14OS. The Morgan fingerprint density at radius 1 is 1.53 bits per heavy atom. The van der Waals surface area contributed by atoms with Crippen LogP contribution >= 0.6 is 11.3 Å². The molecule has 0 amide bonds. The van der Waals surface area contributed by atoms with E-state index in [0.29, 0.717) is 0 Å². The van der Waals surface area contributed by atoms with Gasteiger partial charge in [-0.1, -0.05) is 43.1 Å². The average Bonchev–Trinajstić information content (AvgIpc) is 2.75. The number of rotatable bonds is 3. The van der Waals surface area contributed by atoms with Gasteiger partial charge in [-0.05, 0) is 23.9 Å². The Hall–Kier alpha value is -1.30. The smallest absolute Gasteiger partial charge is 0.0771 e. The number of allylic oxidation sites excluding steroid dienone is 3. The Labute approximate surface area is 94.8 Å². The largest absolute Gasteiger partial charge is 0.389 e. The molecule has 1 aromatic rings. The van der Waals surface area contributed by atoms with Crippen molar-refractivity contribution in [2.24, 2.45) is 0 Å². The molecule has 1 unspecified atom stereocenters. The molecule has 1 aromatic heterocycles. The molecule has 0 saturated heterocycles. The first-order valence-electron chi connectivity index (χ1n) is 4.89. The minimum atomic E-state index is -0.347. The van der Waals surface area contributed by atoms with Crippen LogP contribution in [0.25, 0.3) is 0 Å². The fourth-order valence-electron chi connectivity index (χ4n) is 0.895. The van der Waals surface area contributed by atoms with Gasteiger partial charge in [0.1, 0.15) is 0 Å². The number of aliphatic hydroxyl groups is 1. The molecule has 0 radical (unpaired) electrons. The standard InChI is InChI=1S/C13H14OS/c1-2-12(14)8-5-3-4-6-9-13-10-7-11-15-13/h3-5,7-8,10-12,14H,2H2,1H3. The molecular weight excluding hydrogens is 204 g/mol. The van der Waals surface area contributed by atoms with Gasteiger partial charge < -0.3 is 5.11 Å². The van der Waals surface area contributed by atoms with Crippen molar-refractivity contribution in [3.63, 3.8) is 0 Å². The molecule has 0 aliphatic rings. The quantitative estimate of drug-likeness (QED) is 0.611. The predicted octanol–water partition coefficient (Wildman–Crippen LogP) is 2.98. The number of thiophene rings is 1. The zero-order valence-electron chi connectivity index (χ0n) is 8.68. The van der Waals surface area contributed by atoms with Gasteiger partial charge in [-0.25, -0.2) is 0 Å². The highest BCUT2D eigenvalue weighted by molar-refractivity contribution is 7.10. The maximum absolute atomic E-state index is 9.21. The second-order valence-corrected chi connectivity index (χ2v) is 3.91. The first-order chi connectivity index (χ1) is 7.33. The van der Waals surface area contributed by atoms with Crippen molar-refractivity contribution < 1.29 is 5.11 Å². The molecule has 2 heteroatoms. The van der Waals surface area contributed by atoms with Crippen molar-refractivity contribution in [3.8, 4) is 11.8 Å². The van der Waals surface area contributed by atoms with Crippen LogP contribution in [0, 0.1) is 11.8 Å². The molecule has 0 aliphatic carbocycles. The third kappa shape index (κ3) is 5.21. The van der Waals surface area contributed by atoms with Gasteiger partial charge in [-0.15, -0.1) is 11.3 Å². The van der Waals surface area contributed by atoms with Crippen LogP contribution < -0.4 is 0 Å². The van der Waals surface area contributed by atoms with E-state index in [-0.39, 0.29) is 6.10 Å². The van der Waals surface area contributed by atoms with Gasteiger partial charge in [0.25, 0.3) is 0 Å². The number of hydrogen-bond donors (Lipinski definition) is 1. The molecule has 0 saturated carbocycles. The molecule has 0 aliphatic heterocycles. The van der Waals surface area contributed by atoms with Gasteiger partial charge in [0, 0.05) is 0 Å². The summed E-state index contributed by atoms with van der Waals surface area (Å²) in [5.41, 5.74) is 0. The van der Waals surface area contributed by atoms with E-state index in [1.165, 1.54) is 0 Å². The molecule has 1 atom stereocenters. The Morgan fingerprint density at radius 2 is 2.40 bits per heavy atom. The molecule has 0 spiro atoms. The summed E-state index contributed by atoms with van der Waals surface area (Å²) in [6.45, 7) is 1.94. The van der Waals surface area contributed by atoms with Crippen molar-refractivity contribution in [1.29, 1.82) is 0 Å². The lowest BCUT2D eigenvalue weighted by atomic mass is 10.2. The Balaban J connectivity index is 2.37. The molecule has 15 heavy (non-hydrogen) atoms. The molecule has 1 heterocycles. The monoisotopic (exact) mass is 218 g/mol. The lowest BCUT2D eigenvalue weighted by molar-refractivity contribution is 0.219. The molecule has 1 N–H and O–H groups in total. The van der Waals surface area contributed by atoms with E-state index in [9.17, 15) is 5.11 Å². The molecule has 78 valence electrons. The zero-order valence-corrected chi connectivity index (χ0v) is 9.50. The lowest BCUT2D eigenvalue weighted by Gasteiger charge is -1.95. The van der Waals surface area contributed by atoms with Crippen molar-refractivity contribution in [3.05, 3.63) is 46.7 Å². The maximum Gasteiger partial charge on any atom is 0.0771 e. The van der Waals surface area contributed by atoms with Crippen LogP contribution in [-0.4, -0.2) is 11.2 Å². The van der Waals surface area contributed by atoms with Crippen molar-refractivity contribution in [2.45, 2.75) is 19.4 Å². The predicted molar refractivity (Wildman–Crippen MR) is 65.8 cm³/mol. The summed E-state index contributed by atoms with van der Waals surface area (Å²) >= 11 is 1.63. The Bertz CT molecular complexity index is 376. The van der Waals surface area contributed by atoms with Crippen molar-refractivity contribution in [1.82, 2.24) is 0 Å². The van der Waals surface area contributed by atoms with Gasteiger partial charge >= 0.3 is 0 Å². The molecule has 0 aromatic carbocycles. The van der Waals surface area contributed by atoms with Crippen LogP contribution in [0.1, 0.15) is 18.2 Å². The minimum absolute atomic E-state index is 0.347. The second kappa shape index (κ2) is 7.05. The summed E-state index contributed by atoms with van der Waals surface area (Å²) in [7, 11) is 0. The summed E-state index contributed by atoms with van der Waals surface area (Å²) in [6.07, 6.45) is 7.57. The minimum Gasteiger partial charge on any atom is -0.389 e. The first kappa shape index (κ1) is 11.8. The van der Waals surface area contributed by atoms with Crippen LogP contribution in [0.5, 0.6) is 0 Å². The Kier molecular flexibility index (Phi) is 5.54. The molecule has 1 nitrogen and oxygen atoms in total. The summed E-state index contributed by atoms with van der Waals surface area (Å²) < 4.78 is 0. The van der Waals surface area contributed by atoms with Crippen molar-refractivity contribution >= 4 is 11.3 Å². The molecule has 1 rings (SSSR count). The van der Waals surface area contributed by atoms with Gasteiger partial charge in [-0.3, -0.25) is 0 Å². The summed E-state index contributed by atoms with van der Waals surface area (Å²) in [5, 5.41) is 11.2. The van der Waals surface area contributed by atoms with E-state index in [4.69, 9.17) is 0 Å². The highest BCUT2D eigenvalue weighted by atomic mass is 32.1. The topological polar surface area (TPSA) is 20.2 Å². The zero-order chi connectivity index (χ0) is 10.9. The van der Waals surface area contributed by atoms with Crippen LogP contribution in [0.2, 0.25) is 0 Å². The van der Waals surface area contributed by atoms with Gasteiger partial charge in [0.15, 0.2) is 0 Å². The maximum atomic E-state index is 9.21. The van der Waals surface area contributed by atoms with E-state index in [1.807, 2.05) is 36.6 Å². The van der Waals surface area contributed by atoms with E-state index in [1.54, 1.807) is 23.5 Å². The molecule has 0 fully saturated rings. The number of aliphatic hydroxyl groups excluding tert-OH is 1. The van der Waals surface area contributed by atoms with Crippen molar-refractivity contribution in [2.75, 3.05) is 0 Å². The van der Waals surface area contributed by atoms with Crippen LogP contribution in [-0.2, 0) is 0 Å². The normalized spacial score (nSPS) is 12.9. The van der Waals surface area contributed by atoms with Gasteiger partial charge in [-0.2, -0.15) is 0 Å². The average molecular weight is 218 g/mol. The summed E-state index contributed by atoms with van der Waals surface area (Å²) in [6, 6.07) is 3.97. The summed E-state index contributed by atoms with van der Waals surface area (Å²) in [5.74, 6) is 5.94. The van der Waals surface area contributed by atoms with E-state index < -0.39 is 0 Å². The SMILES string of the molecule is CCC(O)C=CC=CC#Cc1cccs1. The molecule has 0 bridgehead atoms. The van der Waals surface area contributed by atoms with Gasteiger partial charge in [0.05, 0.1) is 11.0 Å². The highest BCUT2D eigenvalue weighted by Gasteiger charge is 1.88. The first-order valence-corrected chi connectivity index (χ1v) is 5.77. The van der Waals surface area contributed by atoms with E-state index >= 15 is 0 Å². The third-order valence-electron chi connectivity index (χ3n) is 1.76. The fraction of sp³-hybridized carbons (Fsp3) is 0.231. The fourth-order valence-corrected chi connectivity index (χ4v) is 1.47. The van der Waals surface area contributed by atoms with E-state index in [0.717, 1.165) is 11.3 Å². The second-order valence-electron chi connectivity index (χ2n) is 2.97. The number of hydrogen-bond acceptors (Lipinski definition) is 2. The van der Waals surface area contributed by atoms with Crippen LogP contribution in [0.4, 0.5) is 0 Å². The van der Waals surface area contributed by atoms with Gasteiger partial charge in [0.2, 0.25) is 0 Å². The van der Waals surface area contributed by atoms with Crippen LogP contribution in [0.15, 0.2) is 41.8 Å². The highest BCUT2D eigenvalue weighted by Crippen LogP contribution is 2.05. The summed E-state index contributed by atoms with van der Waals surface area (Å²) in [4.78, 5) is 1.07. The Morgan fingerprint density at radius 3 is 3.07 bits per heavy atom. The van der Waals surface area contributed by atoms with Crippen LogP contribution in [0.3, 0.4) is 0 Å². The third-order valence-corrected chi connectivity index (χ3v) is 2.54.